The van der Waals surface area contributed by atoms with E-state index in [2.05, 4.69) is 36.1 Å². The molecule has 4 heteroatoms. The quantitative estimate of drug-likeness (QED) is 0.793. The predicted molar refractivity (Wildman–Crippen MR) is 79.4 cm³/mol. The van der Waals surface area contributed by atoms with Crippen molar-refractivity contribution in [3.8, 4) is 0 Å². The van der Waals surface area contributed by atoms with Crippen LogP contribution in [0.15, 0.2) is 30.3 Å². The number of morpholine rings is 1. The third kappa shape index (κ3) is 4.62. The van der Waals surface area contributed by atoms with Crippen LogP contribution in [0.3, 0.4) is 0 Å². The van der Waals surface area contributed by atoms with Gasteiger partial charge in [0.05, 0.1) is 13.2 Å². The molecule has 0 aliphatic carbocycles. The molecule has 1 fully saturated rings. The van der Waals surface area contributed by atoms with E-state index in [4.69, 9.17) is 4.74 Å². The summed E-state index contributed by atoms with van der Waals surface area (Å²) in [7, 11) is 0. The molecule has 1 aliphatic rings. The van der Waals surface area contributed by atoms with Gasteiger partial charge in [-0.2, -0.15) is 0 Å². The molecule has 0 spiro atoms. The Hall–Kier alpha value is -1.39. The standard InChI is InChI=1S/C16H24N2O2/c1-2-17(14-15-6-4-3-5-7-15)9-8-16(19)18-10-12-20-13-11-18/h3-7H,2,8-14H2,1H3. The van der Waals surface area contributed by atoms with Gasteiger partial charge in [0, 0.05) is 32.6 Å². The maximum absolute atomic E-state index is 12.1. The zero-order chi connectivity index (χ0) is 14.2. The highest BCUT2D eigenvalue weighted by atomic mass is 16.5. The van der Waals surface area contributed by atoms with E-state index >= 15 is 0 Å². The van der Waals surface area contributed by atoms with Crippen LogP contribution in [0.5, 0.6) is 0 Å². The van der Waals surface area contributed by atoms with E-state index in [1.807, 2.05) is 11.0 Å². The second kappa shape index (κ2) is 8.02. The van der Waals surface area contributed by atoms with Crippen LogP contribution in [0.4, 0.5) is 0 Å². The number of hydrogen-bond acceptors (Lipinski definition) is 3. The highest BCUT2D eigenvalue weighted by Gasteiger charge is 2.17. The van der Waals surface area contributed by atoms with Crippen molar-refractivity contribution < 1.29 is 9.53 Å². The molecule has 1 aromatic rings. The molecule has 0 saturated carbocycles. The summed E-state index contributed by atoms with van der Waals surface area (Å²) in [6.45, 7) is 7.66. The fourth-order valence-electron chi connectivity index (χ4n) is 2.42. The van der Waals surface area contributed by atoms with Crippen LogP contribution in [-0.2, 0) is 16.1 Å². The van der Waals surface area contributed by atoms with Crippen molar-refractivity contribution in [2.45, 2.75) is 19.9 Å². The van der Waals surface area contributed by atoms with Crippen molar-refractivity contribution in [2.75, 3.05) is 39.4 Å². The topological polar surface area (TPSA) is 32.8 Å². The Kier molecular flexibility index (Phi) is 6.02. The summed E-state index contributed by atoms with van der Waals surface area (Å²) in [6.07, 6.45) is 0.598. The van der Waals surface area contributed by atoms with Gasteiger partial charge < -0.3 is 9.64 Å². The molecule has 1 aromatic carbocycles. The number of nitrogens with zero attached hydrogens (tertiary/aromatic N) is 2. The largest absolute Gasteiger partial charge is 0.378 e. The van der Waals surface area contributed by atoms with Crippen LogP contribution in [0.2, 0.25) is 0 Å². The summed E-state index contributed by atoms with van der Waals surface area (Å²) in [5, 5.41) is 0. The zero-order valence-corrected chi connectivity index (χ0v) is 12.3. The van der Waals surface area contributed by atoms with E-state index in [1.54, 1.807) is 0 Å². The van der Waals surface area contributed by atoms with E-state index in [0.717, 1.165) is 32.7 Å². The summed E-state index contributed by atoms with van der Waals surface area (Å²) in [4.78, 5) is 16.3. The Bertz CT molecular complexity index is 402. The number of amides is 1. The lowest BCUT2D eigenvalue weighted by atomic mass is 10.2. The molecule has 4 nitrogen and oxygen atoms in total. The second-order valence-electron chi connectivity index (χ2n) is 5.10. The van der Waals surface area contributed by atoms with E-state index < -0.39 is 0 Å². The average Bonchev–Trinajstić information content (AvgIpc) is 2.53. The van der Waals surface area contributed by atoms with Crippen molar-refractivity contribution >= 4 is 5.91 Å². The molecule has 110 valence electrons. The van der Waals surface area contributed by atoms with Gasteiger partial charge >= 0.3 is 0 Å². The van der Waals surface area contributed by atoms with Gasteiger partial charge in [-0.15, -0.1) is 0 Å². The van der Waals surface area contributed by atoms with Gasteiger partial charge in [-0.25, -0.2) is 0 Å². The average molecular weight is 276 g/mol. The van der Waals surface area contributed by atoms with Gasteiger partial charge in [0.1, 0.15) is 0 Å². The molecular formula is C16H24N2O2. The highest BCUT2D eigenvalue weighted by Crippen LogP contribution is 2.06. The third-order valence-electron chi connectivity index (χ3n) is 3.70. The van der Waals surface area contributed by atoms with Crippen molar-refractivity contribution in [3.63, 3.8) is 0 Å². The molecule has 20 heavy (non-hydrogen) atoms. The first kappa shape index (κ1) is 15.0. The van der Waals surface area contributed by atoms with Gasteiger partial charge in [-0.05, 0) is 12.1 Å². The smallest absolute Gasteiger partial charge is 0.224 e. The third-order valence-corrected chi connectivity index (χ3v) is 3.70. The molecule has 0 unspecified atom stereocenters. The monoisotopic (exact) mass is 276 g/mol. The molecule has 0 aromatic heterocycles. The van der Waals surface area contributed by atoms with Crippen LogP contribution in [0, 0.1) is 0 Å². The van der Waals surface area contributed by atoms with Gasteiger partial charge in [0.25, 0.3) is 0 Å². The summed E-state index contributed by atoms with van der Waals surface area (Å²) in [6, 6.07) is 10.4. The molecule has 0 bridgehead atoms. The maximum atomic E-state index is 12.1. The predicted octanol–water partition coefficient (Wildman–Crippen LogP) is 1.76. The fourth-order valence-corrected chi connectivity index (χ4v) is 2.42. The Morgan fingerprint density at radius 3 is 2.60 bits per heavy atom. The Balaban J connectivity index is 1.77. The number of carbonyl (C=O) groups excluding carboxylic acids is 1. The summed E-state index contributed by atoms with van der Waals surface area (Å²) in [5.41, 5.74) is 1.30. The molecule has 1 aliphatic heterocycles. The summed E-state index contributed by atoms with van der Waals surface area (Å²) < 4.78 is 5.27. The lowest BCUT2D eigenvalue weighted by Crippen LogP contribution is -2.42. The molecule has 0 N–H and O–H groups in total. The number of rotatable bonds is 6. The second-order valence-corrected chi connectivity index (χ2v) is 5.10. The number of carbonyl (C=O) groups is 1. The van der Waals surface area contributed by atoms with Gasteiger partial charge in [0.2, 0.25) is 5.91 Å². The molecule has 2 rings (SSSR count). The molecule has 0 radical (unpaired) electrons. The van der Waals surface area contributed by atoms with Crippen LogP contribution in [0.1, 0.15) is 18.9 Å². The molecule has 0 atom stereocenters. The van der Waals surface area contributed by atoms with Crippen molar-refractivity contribution in [1.29, 1.82) is 0 Å². The zero-order valence-electron chi connectivity index (χ0n) is 12.3. The Morgan fingerprint density at radius 1 is 1.25 bits per heavy atom. The number of hydrogen-bond donors (Lipinski definition) is 0. The summed E-state index contributed by atoms with van der Waals surface area (Å²) >= 11 is 0. The minimum Gasteiger partial charge on any atom is -0.378 e. The van der Waals surface area contributed by atoms with Crippen molar-refractivity contribution in [1.82, 2.24) is 9.80 Å². The van der Waals surface area contributed by atoms with Crippen molar-refractivity contribution in [2.24, 2.45) is 0 Å². The molecule has 1 amide bonds. The lowest BCUT2D eigenvalue weighted by Gasteiger charge is -2.28. The minimum absolute atomic E-state index is 0.250. The summed E-state index contributed by atoms with van der Waals surface area (Å²) in [5.74, 6) is 0.250. The van der Waals surface area contributed by atoms with Crippen LogP contribution < -0.4 is 0 Å². The fraction of sp³-hybridized carbons (Fsp3) is 0.562. The van der Waals surface area contributed by atoms with Crippen LogP contribution >= 0.6 is 0 Å². The number of ether oxygens (including phenoxy) is 1. The Morgan fingerprint density at radius 2 is 1.95 bits per heavy atom. The lowest BCUT2D eigenvalue weighted by molar-refractivity contribution is -0.135. The highest BCUT2D eigenvalue weighted by molar-refractivity contribution is 5.76. The van der Waals surface area contributed by atoms with Crippen LogP contribution in [-0.4, -0.2) is 55.1 Å². The van der Waals surface area contributed by atoms with Gasteiger partial charge in [-0.3, -0.25) is 9.69 Å². The molecular weight excluding hydrogens is 252 g/mol. The van der Waals surface area contributed by atoms with E-state index in [1.165, 1.54) is 5.56 Å². The van der Waals surface area contributed by atoms with E-state index in [0.29, 0.717) is 19.6 Å². The molecule has 1 saturated heterocycles. The molecule has 1 heterocycles. The first-order valence-electron chi connectivity index (χ1n) is 7.41. The SMILES string of the molecule is CCN(CCC(=O)N1CCOCC1)Cc1ccccc1. The Labute approximate surface area is 121 Å². The van der Waals surface area contributed by atoms with Crippen molar-refractivity contribution in [3.05, 3.63) is 35.9 Å². The normalized spacial score (nSPS) is 15.6. The maximum Gasteiger partial charge on any atom is 0.224 e. The minimum atomic E-state index is 0.250. The van der Waals surface area contributed by atoms with Gasteiger partial charge in [-0.1, -0.05) is 37.3 Å². The number of benzene rings is 1. The van der Waals surface area contributed by atoms with E-state index in [9.17, 15) is 4.79 Å². The first-order chi connectivity index (χ1) is 9.79. The van der Waals surface area contributed by atoms with E-state index in [-0.39, 0.29) is 5.91 Å². The van der Waals surface area contributed by atoms with Gasteiger partial charge in [0.15, 0.2) is 0 Å². The van der Waals surface area contributed by atoms with Crippen LogP contribution in [0.25, 0.3) is 0 Å². The first-order valence-corrected chi connectivity index (χ1v) is 7.41.